The lowest BCUT2D eigenvalue weighted by atomic mass is 10.1. The van der Waals surface area contributed by atoms with Crippen LogP contribution in [0.3, 0.4) is 0 Å². The van der Waals surface area contributed by atoms with Crippen LogP contribution in [0.15, 0.2) is 18.2 Å². The summed E-state index contributed by atoms with van der Waals surface area (Å²) in [5.74, 6) is -0.585. The van der Waals surface area contributed by atoms with Gasteiger partial charge in [-0.3, -0.25) is 4.79 Å². The Morgan fingerprint density at radius 2 is 2.00 bits per heavy atom. The first-order valence-electron chi connectivity index (χ1n) is 5.58. The molecule has 1 heterocycles. The Balaban J connectivity index is 2.58. The van der Waals surface area contributed by atoms with E-state index < -0.39 is 5.91 Å². The van der Waals surface area contributed by atoms with Crippen LogP contribution in [0.5, 0.6) is 5.75 Å². The molecule has 2 aromatic rings. The summed E-state index contributed by atoms with van der Waals surface area (Å²) in [5, 5.41) is 14.3. The Morgan fingerprint density at radius 1 is 1.33 bits per heavy atom. The molecule has 1 aromatic heterocycles. The SMILES string of the molecule is Cc1nn(-c2ccc(C(N)=O)cc2O)c(C)c1C. The van der Waals surface area contributed by atoms with E-state index in [4.69, 9.17) is 5.73 Å². The van der Waals surface area contributed by atoms with Crippen molar-refractivity contribution in [1.29, 1.82) is 0 Å². The summed E-state index contributed by atoms with van der Waals surface area (Å²) < 4.78 is 1.66. The number of phenols is 1. The summed E-state index contributed by atoms with van der Waals surface area (Å²) in [6, 6.07) is 4.56. The van der Waals surface area contributed by atoms with Gasteiger partial charge in [0, 0.05) is 11.3 Å². The summed E-state index contributed by atoms with van der Waals surface area (Å²) in [6.45, 7) is 5.81. The van der Waals surface area contributed by atoms with Crippen molar-refractivity contribution in [1.82, 2.24) is 9.78 Å². The molecule has 0 radical (unpaired) electrons. The predicted octanol–water partition coefficient (Wildman–Crippen LogP) is 1.60. The number of rotatable bonds is 2. The largest absolute Gasteiger partial charge is 0.506 e. The van der Waals surface area contributed by atoms with E-state index in [-0.39, 0.29) is 11.3 Å². The Morgan fingerprint density at radius 3 is 2.44 bits per heavy atom. The van der Waals surface area contributed by atoms with Gasteiger partial charge in [-0.15, -0.1) is 0 Å². The van der Waals surface area contributed by atoms with Gasteiger partial charge in [0.15, 0.2) is 0 Å². The first-order valence-corrected chi connectivity index (χ1v) is 5.58. The van der Waals surface area contributed by atoms with Gasteiger partial charge >= 0.3 is 0 Å². The molecule has 5 heteroatoms. The molecule has 1 amide bonds. The van der Waals surface area contributed by atoms with Gasteiger partial charge in [-0.05, 0) is 44.5 Å². The molecular weight excluding hydrogens is 230 g/mol. The number of carbonyl (C=O) groups excluding carboxylic acids is 1. The summed E-state index contributed by atoms with van der Waals surface area (Å²) in [6.07, 6.45) is 0. The fourth-order valence-electron chi connectivity index (χ4n) is 1.81. The van der Waals surface area contributed by atoms with E-state index in [0.29, 0.717) is 5.69 Å². The molecule has 0 atom stereocenters. The van der Waals surface area contributed by atoms with Crippen molar-refractivity contribution in [3.63, 3.8) is 0 Å². The minimum absolute atomic E-state index is 0.0168. The fourth-order valence-corrected chi connectivity index (χ4v) is 1.81. The van der Waals surface area contributed by atoms with Gasteiger partial charge in [0.25, 0.3) is 0 Å². The Kier molecular flexibility index (Phi) is 2.82. The van der Waals surface area contributed by atoms with Crippen LogP contribution in [0.4, 0.5) is 0 Å². The first kappa shape index (κ1) is 12.2. The van der Waals surface area contributed by atoms with Gasteiger partial charge in [0.1, 0.15) is 11.4 Å². The second-order valence-corrected chi connectivity index (χ2v) is 4.28. The lowest BCUT2D eigenvalue weighted by Crippen LogP contribution is -2.11. The number of hydrogen-bond acceptors (Lipinski definition) is 3. The van der Waals surface area contributed by atoms with E-state index >= 15 is 0 Å². The van der Waals surface area contributed by atoms with Crippen LogP contribution >= 0.6 is 0 Å². The van der Waals surface area contributed by atoms with Crippen LogP contribution in [0.25, 0.3) is 5.69 Å². The number of amides is 1. The van der Waals surface area contributed by atoms with Gasteiger partial charge in [0.2, 0.25) is 5.91 Å². The highest BCUT2D eigenvalue weighted by Crippen LogP contribution is 2.25. The number of carbonyl (C=O) groups is 1. The molecule has 0 aliphatic heterocycles. The first-order chi connectivity index (χ1) is 8.41. The fraction of sp³-hybridized carbons (Fsp3) is 0.231. The Bertz CT molecular complexity index is 629. The maximum atomic E-state index is 11.0. The monoisotopic (exact) mass is 245 g/mol. The molecule has 0 bridgehead atoms. The van der Waals surface area contributed by atoms with Gasteiger partial charge < -0.3 is 10.8 Å². The van der Waals surface area contributed by atoms with Crippen LogP contribution in [0, 0.1) is 20.8 Å². The molecule has 5 nitrogen and oxygen atoms in total. The number of primary amides is 1. The number of hydrogen-bond donors (Lipinski definition) is 2. The van der Waals surface area contributed by atoms with Crippen molar-refractivity contribution in [2.24, 2.45) is 5.73 Å². The molecule has 1 aromatic carbocycles. The van der Waals surface area contributed by atoms with E-state index in [1.165, 1.54) is 6.07 Å². The molecular formula is C13H15N3O2. The quantitative estimate of drug-likeness (QED) is 0.843. The third-order valence-corrected chi connectivity index (χ3v) is 3.14. The maximum absolute atomic E-state index is 11.0. The number of aromatic hydroxyl groups is 1. The van der Waals surface area contributed by atoms with E-state index in [0.717, 1.165) is 17.0 Å². The topological polar surface area (TPSA) is 81.1 Å². The molecule has 0 aliphatic rings. The molecule has 0 saturated heterocycles. The van der Waals surface area contributed by atoms with Crippen LogP contribution < -0.4 is 5.73 Å². The van der Waals surface area contributed by atoms with Crippen LogP contribution in [-0.2, 0) is 0 Å². The highest BCUT2D eigenvalue weighted by Gasteiger charge is 2.13. The summed E-state index contributed by atoms with van der Waals surface area (Å²) >= 11 is 0. The van der Waals surface area contributed by atoms with E-state index in [9.17, 15) is 9.90 Å². The van der Waals surface area contributed by atoms with Gasteiger partial charge in [0.05, 0.1) is 5.69 Å². The smallest absolute Gasteiger partial charge is 0.248 e. The number of benzene rings is 1. The molecule has 18 heavy (non-hydrogen) atoms. The van der Waals surface area contributed by atoms with Crippen molar-refractivity contribution >= 4 is 5.91 Å². The third-order valence-electron chi connectivity index (χ3n) is 3.14. The predicted molar refractivity (Wildman–Crippen MR) is 68.0 cm³/mol. The zero-order chi connectivity index (χ0) is 13.4. The normalized spacial score (nSPS) is 10.6. The second-order valence-electron chi connectivity index (χ2n) is 4.28. The number of phenolic OH excluding ortho intramolecular Hbond substituents is 1. The van der Waals surface area contributed by atoms with Crippen molar-refractivity contribution in [3.8, 4) is 11.4 Å². The van der Waals surface area contributed by atoms with Crippen molar-refractivity contribution < 1.29 is 9.90 Å². The van der Waals surface area contributed by atoms with Gasteiger partial charge in [-0.25, -0.2) is 4.68 Å². The number of nitrogens with two attached hydrogens (primary N) is 1. The molecule has 0 unspecified atom stereocenters. The zero-order valence-corrected chi connectivity index (χ0v) is 10.6. The molecule has 2 rings (SSSR count). The Labute approximate surface area is 105 Å². The molecule has 0 aliphatic carbocycles. The van der Waals surface area contributed by atoms with E-state index in [1.54, 1.807) is 16.8 Å². The molecule has 3 N–H and O–H groups in total. The molecule has 0 spiro atoms. The van der Waals surface area contributed by atoms with Crippen LogP contribution in [-0.4, -0.2) is 20.8 Å². The van der Waals surface area contributed by atoms with Crippen molar-refractivity contribution in [3.05, 3.63) is 40.7 Å². The van der Waals surface area contributed by atoms with Crippen molar-refractivity contribution in [2.75, 3.05) is 0 Å². The molecule has 0 saturated carbocycles. The van der Waals surface area contributed by atoms with Crippen molar-refractivity contribution in [2.45, 2.75) is 20.8 Å². The number of aryl methyl sites for hydroxylation is 1. The summed E-state index contributed by atoms with van der Waals surface area (Å²) in [7, 11) is 0. The highest BCUT2D eigenvalue weighted by atomic mass is 16.3. The van der Waals surface area contributed by atoms with Gasteiger partial charge in [-0.2, -0.15) is 5.10 Å². The standard InChI is InChI=1S/C13H15N3O2/c1-7-8(2)15-16(9(7)3)11-5-4-10(13(14)18)6-12(11)17/h4-6,17H,1-3H3,(H2,14,18). The zero-order valence-electron chi connectivity index (χ0n) is 10.6. The molecule has 0 fully saturated rings. The van der Waals surface area contributed by atoms with E-state index in [2.05, 4.69) is 5.10 Å². The maximum Gasteiger partial charge on any atom is 0.248 e. The summed E-state index contributed by atoms with van der Waals surface area (Å²) in [4.78, 5) is 11.0. The average molecular weight is 245 g/mol. The average Bonchev–Trinajstić information content (AvgIpc) is 2.57. The summed E-state index contributed by atoms with van der Waals surface area (Å²) in [5.41, 5.74) is 8.90. The minimum atomic E-state index is -0.568. The number of nitrogens with zero attached hydrogens (tertiary/aromatic N) is 2. The lowest BCUT2D eigenvalue weighted by molar-refractivity contribution is 0.1000. The minimum Gasteiger partial charge on any atom is -0.506 e. The Hall–Kier alpha value is -2.30. The molecule has 94 valence electrons. The number of aromatic nitrogens is 2. The van der Waals surface area contributed by atoms with Gasteiger partial charge in [-0.1, -0.05) is 0 Å². The third kappa shape index (κ3) is 1.84. The highest BCUT2D eigenvalue weighted by molar-refractivity contribution is 5.93. The second kappa shape index (κ2) is 4.18. The van der Waals surface area contributed by atoms with Crippen LogP contribution in [0.2, 0.25) is 0 Å². The lowest BCUT2D eigenvalue weighted by Gasteiger charge is -2.08. The van der Waals surface area contributed by atoms with Crippen LogP contribution in [0.1, 0.15) is 27.3 Å². The van der Waals surface area contributed by atoms with E-state index in [1.807, 2.05) is 20.8 Å².